The Bertz CT molecular complexity index is 827. The van der Waals surface area contributed by atoms with Crippen LogP contribution in [0.3, 0.4) is 0 Å². The van der Waals surface area contributed by atoms with Crippen molar-refractivity contribution in [1.29, 1.82) is 0 Å². The molecule has 0 aliphatic rings. The highest BCUT2D eigenvalue weighted by Crippen LogP contribution is 2.38. The normalized spacial score (nSPS) is 10.6. The fourth-order valence-corrected chi connectivity index (χ4v) is 2.32. The summed E-state index contributed by atoms with van der Waals surface area (Å²) < 4.78 is 16.6. The maximum Gasteiger partial charge on any atom is 0.193 e. The average Bonchev–Trinajstić information content (AvgIpc) is 2.54. The average molecular weight is 282 g/mol. The summed E-state index contributed by atoms with van der Waals surface area (Å²) in [7, 11) is 3.13. The summed E-state index contributed by atoms with van der Waals surface area (Å²) in [5.74, 6) is 1.61. The predicted molar refractivity (Wildman–Crippen MR) is 81.0 cm³/mol. The number of rotatable bonds is 3. The molecule has 1 heterocycles. The standard InChI is InChI=1S/C17H14O4/c1-19-14-8-5-9-15(20-2)17(14)16-10-12(18)11-6-3-4-7-13(11)21-16/h3-10H,1-2H3. The van der Waals surface area contributed by atoms with Gasteiger partial charge in [-0.25, -0.2) is 0 Å². The molecular formula is C17H14O4. The van der Waals surface area contributed by atoms with Gasteiger partial charge in [0.1, 0.15) is 28.4 Å². The zero-order valence-corrected chi connectivity index (χ0v) is 11.8. The monoisotopic (exact) mass is 282 g/mol. The molecule has 0 N–H and O–H groups in total. The number of ether oxygens (including phenoxy) is 2. The SMILES string of the molecule is COc1cccc(OC)c1-c1cc(=O)c2ccccc2o1. The number of fused-ring (bicyclic) bond motifs is 1. The molecule has 0 aliphatic heterocycles. The molecule has 0 amide bonds. The molecule has 0 unspecified atom stereocenters. The third-order valence-corrected chi connectivity index (χ3v) is 3.31. The lowest BCUT2D eigenvalue weighted by Crippen LogP contribution is -2.01. The highest BCUT2D eigenvalue weighted by Gasteiger charge is 2.16. The number of para-hydroxylation sites is 1. The fourth-order valence-electron chi connectivity index (χ4n) is 2.32. The van der Waals surface area contributed by atoms with E-state index in [0.717, 1.165) is 0 Å². The van der Waals surface area contributed by atoms with Crippen LogP contribution >= 0.6 is 0 Å². The number of hydrogen-bond donors (Lipinski definition) is 0. The van der Waals surface area contributed by atoms with E-state index in [1.807, 2.05) is 18.2 Å². The number of benzene rings is 2. The van der Waals surface area contributed by atoms with Crippen LogP contribution in [0.15, 0.2) is 57.7 Å². The molecule has 4 heteroatoms. The van der Waals surface area contributed by atoms with Crippen LogP contribution in [0.4, 0.5) is 0 Å². The first-order valence-electron chi connectivity index (χ1n) is 6.49. The van der Waals surface area contributed by atoms with Crippen LogP contribution in [-0.4, -0.2) is 14.2 Å². The van der Waals surface area contributed by atoms with Crippen LogP contribution in [-0.2, 0) is 0 Å². The summed E-state index contributed by atoms with van der Waals surface area (Å²) >= 11 is 0. The molecule has 0 atom stereocenters. The van der Waals surface area contributed by atoms with E-state index >= 15 is 0 Å². The Morgan fingerprint density at radius 1 is 0.905 bits per heavy atom. The fraction of sp³-hybridized carbons (Fsp3) is 0.118. The van der Waals surface area contributed by atoms with Gasteiger partial charge in [-0.1, -0.05) is 18.2 Å². The van der Waals surface area contributed by atoms with Gasteiger partial charge in [0, 0.05) is 6.07 Å². The molecule has 3 aromatic rings. The number of methoxy groups -OCH3 is 2. The molecule has 2 aromatic carbocycles. The van der Waals surface area contributed by atoms with Crippen LogP contribution in [0.2, 0.25) is 0 Å². The Morgan fingerprint density at radius 3 is 2.24 bits per heavy atom. The van der Waals surface area contributed by atoms with Gasteiger partial charge < -0.3 is 13.9 Å². The zero-order valence-electron chi connectivity index (χ0n) is 11.8. The lowest BCUT2D eigenvalue weighted by molar-refractivity contribution is 0.395. The minimum Gasteiger partial charge on any atom is -0.496 e. The largest absolute Gasteiger partial charge is 0.496 e. The molecule has 0 spiro atoms. The molecule has 0 saturated carbocycles. The molecule has 0 aliphatic carbocycles. The van der Waals surface area contributed by atoms with Gasteiger partial charge in [-0.2, -0.15) is 0 Å². The van der Waals surface area contributed by atoms with Gasteiger partial charge >= 0.3 is 0 Å². The van der Waals surface area contributed by atoms with E-state index in [-0.39, 0.29) is 5.43 Å². The van der Waals surface area contributed by atoms with Crippen molar-refractivity contribution in [2.75, 3.05) is 14.2 Å². The van der Waals surface area contributed by atoms with E-state index in [1.54, 1.807) is 38.5 Å². The van der Waals surface area contributed by atoms with Crippen LogP contribution < -0.4 is 14.9 Å². The summed E-state index contributed by atoms with van der Waals surface area (Å²) in [5.41, 5.74) is 1.07. The van der Waals surface area contributed by atoms with Crippen molar-refractivity contribution in [1.82, 2.24) is 0 Å². The van der Waals surface area contributed by atoms with Gasteiger partial charge in [0.15, 0.2) is 5.43 Å². The van der Waals surface area contributed by atoms with Crippen molar-refractivity contribution in [2.24, 2.45) is 0 Å². The van der Waals surface area contributed by atoms with E-state index in [1.165, 1.54) is 6.07 Å². The molecule has 4 nitrogen and oxygen atoms in total. The predicted octanol–water partition coefficient (Wildman–Crippen LogP) is 3.48. The smallest absolute Gasteiger partial charge is 0.193 e. The van der Waals surface area contributed by atoms with E-state index in [9.17, 15) is 4.79 Å². The van der Waals surface area contributed by atoms with E-state index in [0.29, 0.717) is 33.8 Å². The van der Waals surface area contributed by atoms with Gasteiger partial charge in [-0.15, -0.1) is 0 Å². The van der Waals surface area contributed by atoms with Crippen molar-refractivity contribution >= 4 is 11.0 Å². The van der Waals surface area contributed by atoms with E-state index in [2.05, 4.69) is 0 Å². The Morgan fingerprint density at radius 2 is 1.57 bits per heavy atom. The summed E-state index contributed by atoms with van der Waals surface area (Å²) in [5, 5.41) is 0.551. The highest BCUT2D eigenvalue weighted by atomic mass is 16.5. The molecular weight excluding hydrogens is 268 g/mol. The van der Waals surface area contributed by atoms with Gasteiger partial charge in [0.05, 0.1) is 19.6 Å². The lowest BCUT2D eigenvalue weighted by atomic mass is 10.1. The van der Waals surface area contributed by atoms with Crippen LogP contribution in [0.1, 0.15) is 0 Å². The first-order chi connectivity index (χ1) is 10.2. The number of hydrogen-bond acceptors (Lipinski definition) is 4. The van der Waals surface area contributed by atoms with Crippen LogP contribution in [0.25, 0.3) is 22.3 Å². The quantitative estimate of drug-likeness (QED) is 0.738. The molecule has 3 rings (SSSR count). The first kappa shape index (κ1) is 13.2. The van der Waals surface area contributed by atoms with Gasteiger partial charge in [0.2, 0.25) is 0 Å². The Labute approximate surface area is 121 Å². The van der Waals surface area contributed by atoms with Crippen molar-refractivity contribution in [3.63, 3.8) is 0 Å². The Balaban J connectivity index is 2.33. The van der Waals surface area contributed by atoms with Crippen molar-refractivity contribution in [3.05, 3.63) is 58.8 Å². The lowest BCUT2D eigenvalue weighted by Gasteiger charge is -2.12. The van der Waals surface area contributed by atoms with E-state index < -0.39 is 0 Å². The second kappa shape index (κ2) is 5.32. The first-order valence-corrected chi connectivity index (χ1v) is 6.49. The Kier molecular flexibility index (Phi) is 3.36. The highest BCUT2D eigenvalue weighted by molar-refractivity contribution is 5.81. The molecule has 0 fully saturated rings. The van der Waals surface area contributed by atoms with Crippen molar-refractivity contribution < 1.29 is 13.9 Å². The molecule has 0 bridgehead atoms. The minimum atomic E-state index is -0.0974. The molecule has 0 saturated heterocycles. The maximum atomic E-state index is 12.2. The second-order valence-electron chi connectivity index (χ2n) is 4.51. The van der Waals surface area contributed by atoms with Gasteiger partial charge in [-0.3, -0.25) is 4.79 Å². The topological polar surface area (TPSA) is 48.7 Å². The van der Waals surface area contributed by atoms with Gasteiger partial charge in [-0.05, 0) is 24.3 Å². The summed E-state index contributed by atoms with van der Waals surface area (Å²) in [4.78, 5) is 12.2. The van der Waals surface area contributed by atoms with Crippen molar-refractivity contribution in [3.8, 4) is 22.8 Å². The molecule has 106 valence electrons. The molecule has 21 heavy (non-hydrogen) atoms. The summed E-state index contributed by atoms with van der Waals surface area (Å²) in [6.45, 7) is 0. The molecule has 1 aromatic heterocycles. The third-order valence-electron chi connectivity index (χ3n) is 3.31. The minimum absolute atomic E-state index is 0.0974. The van der Waals surface area contributed by atoms with Crippen molar-refractivity contribution in [2.45, 2.75) is 0 Å². The van der Waals surface area contributed by atoms with Crippen LogP contribution in [0.5, 0.6) is 11.5 Å². The summed E-state index contributed by atoms with van der Waals surface area (Å²) in [6.07, 6.45) is 0. The van der Waals surface area contributed by atoms with E-state index in [4.69, 9.17) is 13.9 Å². The molecule has 0 radical (unpaired) electrons. The second-order valence-corrected chi connectivity index (χ2v) is 4.51. The van der Waals surface area contributed by atoms with Gasteiger partial charge in [0.25, 0.3) is 0 Å². The third kappa shape index (κ3) is 2.25. The Hall–Kier alpha value is -2.75. The zero-order chi connectivity index (χ0) is 14.8. The maximum absolute atomic E-state index is 12.2. The van der Waals surface area contributed by atoms with Crippen LogP contribution in [0, 0.1) is 0 Å². The summed E-state index contributed by atoms with van der Waals surface area (Å²) in [6, 6.07) is 14.0.